The lowest BCUT2D eigenvalue weighted by Crippen LogP contribution is -2.45. The van der Waals surface area contributed by atoms with Crippen molar-refractivity contribution in [3.05, 3.63) is 64.7 Å². The number of Topliss-reactive ketones (excluding diaryl/α,β-unsaturated/α-hetero) is 1. The number of ketones is 1. The van der Waals surface area contributed by atoms with Gasteiger partial charge in [0, 0.05) is 24.8 Å². The first-order chi connectivity index (χ1) is 16.1. The van der Waals surface area contributed by atoms with E-state index in [2.05, 4.69) is 9.98 Å². The fourth-order valence-corrected chi connectivity index (χ4v) is 3.31. The number of ether oxygens (including phenoxy) is 2. The van der Waals surface area contributed by atoms with Gasteiger partial charge in [0.15, 0.2) is 11.3 Å². The molecule has 0 aliphatic carbocycles. The first kappa shape index (κ1) is 26.9. The van der Waals surface area contributed by atoms with Crippen LogP contribution in [0.15, 0.2) is 41.5 Å². The van der Waals surface area contributed by atoms with Crippen LogP contribution in [0.5, 0.6) is 0 Å². The van der Waals surface area contributed by atoms with Gasteiger partial charge in [0.05, 0.1) is 6.61 Å². The Kier molecular flexibility index (Phi) is 9.28. The molecule has 2 aromatic rings. The number of hydrogen-bond donors (Lipinski definition) is 2. The van der Waals surface area contributed by atoms with E-state index < -0.39 is 23.9 Å². The van der Waals surface area contributed by atoms with E-state index in [-0.39, 0.29) is 42.4 Å². The van der Waals surface area contributed by atoms with Gasteiger partial charge < -0.3 is 20.3 Å². The summed E-state index contributed by atoms with van der Waals surface area (Å²) in [4.78, 5) is 29.0. The highest BCUT2D eigenvalue weighted by Gasteiger charge is 2.54. The Hall–Kier alpha value is -3.31. The maximum Gasteiger partial charge on any atom is 0.299 e. The maximum atomic E-state index is 14.8. The molecule has 3 rings (SSSR count). The molecule has 0 unspecified atom stereocenters. The van der Waals surface area contributed by atoms with Crippen molar-refractivity contribution in [1.29, 1.82) is 0 Å². The van der Waals surface area contributed by atoms with E-state index in [1.165, 1.54) is 12.1 Å². The second-order valence-electron chi connectivity index (χ2n) is 7.58. The quantitative estimate of drug-likeness (QED) is 0.460. The number of halogens is 3. The molecule has 0 radical (unpaired) electrons. The lowest BCUT2D eigenvalue weighted by molar-refractivity contribution is -0.122. The molecule has 0 saturated carbocycles. The lowest BCUT2D eigenvalue weighted by Gasteiger charge is -2.33. The lowest BCUT2D eigenvalue weighted by atomic mass is 9.84. The summed E-state index contributed by atoms with van der Waals surface area (Å²) in [6, 6.07) is 6.96. The van der Waals surface area contributed by atoms with Crippen molar-refractivity contribution in [2.45, 2.75) is 38.3 Å². The van der Waals surface area contributed by atoms with E-state index >= 15 is 0 Å². The molecule has 0 spiro atoms. The summed E-state index contributed by atoms with van der Waals surface area (Å²) in [6.07, 6.45) is 1.41. The Labute approximate surface area is 194 Å². The van der Waals surface area contributed by atoms with Gasteiger partial charge in [-0.1, -0.05) is 12.1 Å². The number of hydrogen-bond acceptors (Lipinski definition) is 7. The number of aliphatic imine (C=N–C) groups is 1. The van der Waals surface area contributed by atoms with Gasteiger partial charge in [0.1, 0.15) is 30.6 Å². The highest BCUT2D eigenvalue weighted by Crippen LogP contribution is 2.43. The maximum absolute atomic E-state index is 14.8. The van der Waals surface area contributed by atoms with E-state index in [1.54, 1.807) is 18.3 Å². The van der Waals surface area contributed by atoms with Crippen LogP contribution in [0.2, 0.25) is 0 Å². The summed E-state index contributed by atoms with van der Waals surface area (Å²) < 4.78 is 54.4. The highest BCUT2D eigenvalue weighted by atomic mass is 19.3. The summed E-state index contributed by atoms with van der Waals surface area (Å²) in [5, 5.41) is 6.89. The van der Waals surface area contributed by atoms with Gasteiger partial charge in [-0.2, -0.15) is 0 Å². The number of pyridine rings is 1. The number of carboxylic acid groups (broad SMARTS) is 1. The van der Waals surface area contributed by atoms with Gasteiger partial charge in [0.2, 0.25) is 0 Å². The van der Waals surface area contributed by atoms with Crippen LogP contribution in [0.1, 0.15) is 41.0 Å². The molecule has 1 aliphatic heterocycles. The first-order valence-corrected chi connectivity index (χ1v) is 10.3. The second-order valence-corrected chi connectivity index (χ2v) is 7.58. The molecular weight excluding hydrogens is 455 g/mol. The summed E-state index contributed by atoms with van der Waals surface area (Å²) in [5.74, 6) is -4.85. The third-order valence-corrected chi connectivity index (χ3v) is 5.12. The minimum absolute atomic E-state index is 0.136. The van der Waals surface area contributed by atoms with Gasteiger partial charge in [0.25, 0.3) is 12.4 Å². The summed E-state index contributed by atoms with van der Waals surface area (Å²) >= 11 is 0. The van der Waals surface area contributed by atoms with Crippen molar-refractivity contribution in [3.8, 4) is 0 Å². The molecule has 1 atom stereocenters. The van der Waals surface area contributed by atoms with E-state index in [9.17, 15) is 18.0 Å². The minimum Gasteiger partial charge on any atom is -0.483 e. The van der Waals surface area contributed by atoms with Crippen molar-refractivity contribution in [2.24, 2.45) is 10.7 Å². The SMILES string of the molecule is CCOCc1ccc(C(=O)Cc2ccc(F)c([C@@]3(C)N=C(N)COCC3(F)F)c2)nc1.O=CO. The average Bonchev–Trinajstić information content (AvgIpc) is 2.89. The number of carbonyl (C=O) groups excluding carboxylic acids is 1. The number of rotatable bonds is 7. The highest BCUT2D eigenvalue weighted by molar-refractivity contribution is 5.95. The topological polar surface area (TPSA) is 124 Å². The fourth-order valence-electron chi connectivity index (χ4n) is 3.31. The predicted molar refractivity (Wildman–Crippen MR) is 117 cm³/mol. The van der Waals surface area contributed by atoms with E-state index in [1.807, 2.05) is 6.92 Å². The van der Waals surface area contributed by atoms with Gasteiger partial charge in [-0.15, -0.1) is 0 Å². The summed E-state index contributed by atoms with van der Waals surface area (Å²) in [7, 11) is 0. The monoisotopic (exact) mass is 481 g/mol. The minimum atomic E-state index is -3.50. The van der Waals surface area contributed by atoms with Crippen LogP contribution in [0, 0.1) is 5.82 Å². The van der Waals surface area contributed by atoms with E-state index in [0.29, 0.717) is 18.8 Å². The zero-order valence-corrected chi connectivity index (χ0v) is 18.8. The second kappa shape index (κ2) is 11.7. The van der Waals surface area contributed by atoms with Crippen molar-refractivity contribution in [1.82, 2.24) is 4.98 Å². The summed E-state index contributed by atoms with van der Waals surface area (Å²) in [5.41, 5.74) is 4.43. The largest absolute Gasteiger partial charge is 0.483 e. The molecule has 0 saturated heterocycles. The van der Waals surface area contributed by atoms with Crippen molar-refractivity contribution in [3.63, 3.8) is 0 Å². The van der Waals surface area contributed by atoms with E-state index in [0.717, 1.165) is 18.6 Å². The molecule has 3 N–H and O–H groups in total. The van der Waals surface area contributed by atoms with Gasteiger partial charge >= 0.3 is 0 Å². The van der Waals surface area contributed by atoms with Gasteiger partial charge in [-0.25, -0.2) is 13.2 Å². The number of benzene rings is 1. The molecule has 1 aliphatic rings. The third kappa shape index (κ3) is 6.39. The normalized spacial score (nSPS) is 19.3. The van der Waals surface area contributed by atoms with Gasteiger partial charge in [-0.05, 0) is 43.2 Å². The smallest absolute Gasteiger partial charge is 0.299 e. The van der Waals surface area contributed by atoms with Crippen LogP contribution in [0.25, 0.3) is 0 Å². The molecule has 0 amide bonds. The van der Waals surface area contributed by atoms with Crippen molar-refractivity contribution < 1.29 is 37.3 Å². The van der Waals surface area contributed by atoms with Crippen LogP contribution in [-0.4, -0.2) is 53.9 Å². The molecule has 8 nitrogen and oxygen atoms in total. The Bertz CT molecular complexity index is 1030. The Balaban J connectivity index is 0.00000129. The number of amidine groups is 1. The average molecular weight is 481 g/mol. The standard InChI is InChI=1S/C22H24F3N3O3.CH2O2/c1-3-30-11-15-5-7-18(27-10-15)19(29)9-14-4-6-17(23)16(8-14)21(2)22(24,25)13-31-12-20(26)28-21;2-1-3/h4-8,10H,3,9,11-13H2,1-2H3,(H2,26,28);1H,(H,2,3)/t21-;/m1./s1. The molecule has 2 heterocycles. The van der Waals surface area contributed by atoms with Crippen LogP contribution in [0.4, 0.5) is 13.2 Å². The Morgan fingerprint density at radius 1 is 1.29 bits per heavy atom. The number of nitrogens with zero attached hydrogens (tertiary/aromatic N) is 2. The molecule has 34 heavy (non-hydrogen) atoms. The van der Waals surface area contributed by atoms with Crippen molar-refractivity contribution >= 4 is 18.1 Å². The van der Waals surface area contributed by atoms with Crippen LogP contribution in [-0.2, 0) is 32.8 Å². The fraction of sp³-hybridized carbons (Fsp3) is 0.391. The number of aromatic nitrogens is 1. The van der Waals surface area contributed by atoms with Crippen LogP contribution in [0.3, 0.4) is 0 Å². The predicted octanol–water partition coefficient (Wildman–Crippen LogP) is 3.12. The van der Waals surface area contributed by atoms with E-state index in [4.69, 9.17) is 25.1 Å². The molecule has 184 valence electrons. The number of alkyl halides is 2. The molecule has 1 aromatic carbocycles. The Morgan fingerprint density at radius 3 is 2.59 bits per heavy atom. The molecule has 11 heteroatoms. The number of nitrogens with two attached hydrogens (primary N) is 1. The zero-order valence-electron chi connectivity index (χ0n) is 18.8. The number of carbonyl (C=O) groups is 2. The molecule has 1 aromatic heterocycles. The Morgan fingerprint density at radius 2 is 1.97 bits per heavy atom. The van der Waals surface area contributed by atoms with Crippen LogP contribution >= 0.6 is 0 Å². The van der Waals surface area contributed by atoms with Gasteiger partial charge in [-0.3, -0.25) is 19.6 Å². The third-order valence-electron chi connectivity index (χ3n) is 5.12. The summed E-state index contributed by atoms with van der Waals surface area (Å²) in [6.45, 7) is 2.47. The van der Waals surface area contributed by atoms with Crippen molar-refractivity contribution in [2.75, 3.05) is 19.8 Å². The first-order valence-electron chi connectivity index (χ1n) is 10.3. The molecular formula is C23H26F3N3O5. The molecule has 0 fully saturated rings. The molecule has 0 bridgehead atoms. The van der Waals surface area contributed by atoms with Crippen LogP contribution < -0.4 is 5.73 Å². The zero-order chi connectivity index (χ0) is 25.4.